The van der Waals surface area contributed by atoms with E-state index >= 15 is 0 Å². The zero-order valence-corrected chi connectivity index (χ0v) is 16.0. The van der Waals surface area contributed by atoms with Crippen molar-refractivity contribution in [1.82, 2.24) is 0 Å². The number of rotatable bonds is 7. The SMILES string of the molecule is COC(=O)c1cc(C=CC(=O)OCC(=O)Nc2cc(Cl)ccc2[N+](=O)[O-])oc1C. The lowest BCUT2D eigenvalue weighted by atomic mass is 10.2. The van der Waals surface area contributed by atoms with Gasteiger partial charge in [0.25, 0.3) is 11.6 Å². The number of aryl methyl sites for hydroxylation is 1. The number of nitro benzene ring substituents is 1. The van der Waals surface area contributed by atoms with Crippen LogP contribution in [0.5, 0.6) is 0 Å². The summed E-state index contributed by atoms with van der Waals surface area (Å²) in [5.41, 5.74) is -0.271. The number of hydrogen-bond acceptors (Lipinski definition) is 8. The normalized spacial score (nSPS) is 10.6. The zero-order valence-electron chi connectivity index (χ0n) is 15.3. The third-order valence-electron chi connectivity index (χ3n) is 3.50. The Morgan fingerprint density at radius 1 is 1.31 bits per heavy atom. The average molecular weight is 423 g/mol. The van der Waals surface area contributed by atoms with Crippen LogP contribution in [0, 0.1) is 17.0 Å². The van der Waals surface area contributed by atoms with Gasteiger partial charge < -0.3 is 19.2 Å². The van der Waals surface area contributed by atoms with Gasteiger partial charge in [-0.05, 0) is 31.2 Å². The number of esters is 2. The first-order valence-electron chi connectivity index (χ1n) is 7.98. The van der Waals surface area contributed by atoms with Crippen LogP contribution < -0.4 is 5.32 Å². The van der Waals surface area contributed by atoms with E-state index in [0.29, 0.717) is 5.76 Å². The summed E-state index contributed by atoms with van der Waals surface area (Å²) in [4.78, 5) is 45.4. The maximum absolute atomic E-state index is 11.9. The molecular weight excluding hydrogens is 408 g/mol. The predicted octanol–water partition coefficient (Wildman–Crippen LogP) is 3.13. The fourth-order valence-corrected chi connectivity index (χ4v) is 2.36. The molecule has 1 aromatic carbocycles. The van der Waals surface area contributed by atoms with Crippen molar-refractivity contribution in [2.75, 3.05) is 19.0 Å². The lowest BCUT2D eigenvalue weighted by molar-refractivity contribution is -0.383. The molecule has 29 heavy (non-hydrogen) atoms. The van der Waals surface area contributed by atoms with E-state index < -0.39 is 29.4 Å². The van der Waals surface area contributed by atoms with E-state index in [1.165, 1.54) is 31.4 Å². The number of anilines is 1. The van der Waals surface area contributed by atoms with Crippen LogP contribution in [0.1, 0.15) is 21.9 Å². The van der Waals surface area contributed by atoms with Gasteiger partial charge in [0.15, 0.2) is 6.61 Å². The number of nitrogens with one attached hydrogen (secondary N) is 1. The molecule has 0 spiro atoms. The summed E-state index contributed by atoms with van der Waals surface area (Å²) in [6.07, 6.45) is 2.25. The third-order valence-corrected chi connectivity index (χ3v) is 3.74. The van der Waals surface area contributed by atoms with Crippen LogP contribution in [0.4, 0.5) is 11.4 Å². The molecule has 1 amide bonds. The Bertz CT molecular complexity index is 996. The Hall–Kier alpha value is -3.66. The minimum atomic E-state index is -0.866. The molecule has 2 aromatic rings. The number of halogens is 1. The Morgan fingerprint density at radius 2 is 2.03 bits per heavy atom. The zero-order chi connectivity index (χ0) is 21.6. The van der Waals surface area contributed by atoms with E-state index in [0.717, 1.165) is 12.1 Å². The topological polar surface area (TPSA) is 138 Å². The van der Waals surface area contributed by atoms with Gasteiger partial charge in [0.2, 0.25) is 0 Å². The maximum atomic E-state index is 11.9. The van der Waals surface area contributed by atoms with E-state index in [9.17, 15) is 24.5 Å². The molecule has 1 aromatic heterocycles. The lowest BCUT2D eigenvalue weighted by Crippen LogP contribution is -2.20. The highest BCUT2D eigenvalue weighted by molar-refractivity contribution is 6.31. The van der Waals surface area contributed by atoms with Crippen LogP contribution in [-0.2, 0) is 19.1 Å². The van der Waals surface area contributed by atoms with Gasteiger partial charge in [0.05, 0.1) is 12.0 Å². The second-order valence-electron chi connectivity index (χ2n) is 5.52. The van der Waals surface area contributed by atoms with Crippen LogP contribution in [0.15, 0.2) is 34.8 Å². The van der Waals surface area contributed by atoms with E-state index in [1.54, 1.807) is 6.92 Å². The first kappa shape index (κ1) is 21.6. The Kier molecular flexibility index (Phi) is 7.10. The summed E-state index contributed by atoms with van der Waals surface area (Å²) in [6, 6.07) is 5.04. The third kappa shape index (κ3) is 5.91. The number of furan rings is 1. The van der Waals surface area contributed by atoms with Crippen LogP contribution >= 0.6 is 11.6 Å². The van der Waals surface area contributed by atoms with Crippen molar-refractivity contribution >= 4 is 46.9 Å². The first-order valence-corrected chi connectivity index (χ1v) is 8.36. The van der Waals surface area contributed by atoms with Crippen molar-refractivity contribution in [3.8, 4) is 0 Å². The Morgan fingerprint density at radius 3 is 2.69 bits per heavy atom. The van der Waals surface area contributed by atoms with Gasteiger partial charge in [0.1, 0.15) is 22.8 Å². The van der Waals surface area contributed by atoms with Gasteiger partial charge in [-0.25, -0.2) is 9.59 Å². The van der Waals surface area contributed by atoms with Crippen LogP contribution in [0.3, 0.4) is 0 Å². The van der Waals surface area contributed by atoms with E-state index in [-0.39, 0.29) is 27.7 Å². The van der Waals surface area contributed by atoms with E-state index in [4.69, 9.17) is 20.8 Å². The molecule has 0 aliphatic heterocycles. The molecular formula is C18H15ClN2O8. The highest BCUT2D eigenvalue weighted by atomic mass is 35.5. The average Bonchev–Trinajstić information content (AvgIpc) is 3.04. The fraction of sp³-hybridized carbons (Fsp3) is 0.167. The molecule has 0 radical (unpaired) electrons. The number of hydrogen-bond donors (Lipinski definition) is 1. The lowest BCUT2D eigenvalue weighted by Gasteiger charge is -2.06. The van der Waals surface area contributed by atoms with E-state index in [1.807, 2.05) is 0 Å². The Labute approximate surface area is 169 Å². The maximum Gasteiger partial charge on any atom is 0.341 e. The molecule has 0 saturated carbocycles. The van der Waals surface area contributed by atoms with Crippen molar-refractivity contribution in [2.24, 2.45) is 0 Å². The number of carbonyl (C=O) groups excluding carboxylic acids is 3. The first-order chi connectivity index (χ1) is 13.7. The van der Waals surface area contributed by atoms with Crippen molar-refractivity contribution in [3.63, 3.8) is 0 Å². The van der Waals surface area contributed by atoms with Crippen LogP contribution in [0.2, 0.25) is 5.02 Å². The van der Waals surface area contributed by atoms with Crippen molar-refractivity contribution in [2.45, 2.75) is 6.92 Å². The van der Waals surface area contributed by atoms with Crippen LogP contribution in [-0.4, -0.2) is 36.5 Å². The second-order valence-corrected chi connectivity index (χ2v) is 5.95. The molecule has 1 heterocycles. The van der Waals surface area contributed by atoms with E-state index in [2.05, 4.69) is 10.1 Å². The summed E-state index contributed by atoms with van der Waals surface area (Å²) in [5.74, 6) is -1.72. The smallest absolute Gasteiger partial charge is 0.341 e. The molecule has 0 unspecified atom stereocenters. The highest BCUT2D eigenvalue weighted by Crippen LogP contribution is 2.27. The van der Waals surface area contributed by atoms with Crippen molar-refractivity contribution < 1.29 is 33.2 Å². The van der Waals surface area contributed by atoms with Gasteiger partial charge in [-0.3, -0.25) is 14.9 Å². The summed E-state index contributed by atoms with van der Waals surface area (Å²) in [5, 5.41) is 13.4. The molecule has 0 atom stereocenters. The molecule has 0 aliphatic rings. The summed E-state index contributed by atoms with van der Waals surface area (Å²) in [6.45, 7) is 0.874. The van der Waals surface area contributed by atoms with Crippen molar-refractivity contribution in [1.29, 1.82) is 0 Å². The largest absolute Gasteiger partial charge is 0.465 e. The molecule has 0 fully saturated rings. The van der Waals surface area contributed by atoms with Gasteiger partial charge in [-0.2, -0.15) is 0 Å². The molecule has 2 rings (SSSR count). The monoisotopic (exact) mass is 422 g/mol. The number of amides is 1. The molecule has 0 saturated heterocycles. The predicted molar refractivity (Wildman–Crippen MR) is 102 cm³/mol. The number of nitro groups is 1. The molecule has 10 nitrogen and oxygen atoms in total. The minimum absolute atomic E-state index is 0.125. The summed E-state index contributed by atoms with van der Waals surface area (Å²) in [7, 11) is 1.23. The van der Waals surface area contributed by atoms with Gasteiger partial charge in [-0.1, -0.05) is 11.6 Å². The molecule has 1 N–H and O–H groups in total. The van der Waals surface area contributed by atoms with Gasteiger partial charge in [-0.15, -0.1) is 0 Å². The highest BCUT2D eigenvalue weighted by Gasteiger charge is 2.17. The number of carbonyl (C=O) groups is 3. The summed E-state index contributed by atoms with van der Waals surface area (Å²) >= 11 is 5.77. The molecule has 0 bridgehead atoms. The second kappa shape index (κ2) is 9.51. The molecule has 0 aliphatic carbocycles. The standard InChI is InChI=1S/C18H15ClN2O8/c1-10-13(18(24)27-2)8-12(29-10)4-6-17(23)28-9-16(22)20-14-7-11(19)3-5-15(14)21(25)26/h3-8H,9H2,1-2H3,(H,20,22). The molecule has 152 valence electrons. The number of methoxy groups -OCH3 is 1. The minimum Gasteiger partial charge on any atom is -0.465 e. The summed E-state index contributed by atoms with van der Waals surface area (Å²) < 4.78 is 14.6. The van der Waals surface area contributed by atoms with Gasteiger partial charge in [0, 0.05) is 17.2 Å². The Balaban J connectivity index is 1.93. The number of nitrogens with zero attached hydrogens (tertiary/aromatic N) is 1. The fourth-order valence-electron chi connectivity index (χ4n) is 2.19. The van der Waals surface area contributed by atoms with Crippen LogP contribution in [0.25, 0.3) is 6.08 Å². The van der Waals surface area contributed by atoms with Gasteiger partial charge >= 0.3 is 11.9 Å². The quantitative estimate of drug-likeness (QED) is 0.311. The van der Waals surface area contributed by atoms with Crippen molar-refractivity contribution in [3.05, 3.63) is 62.6 Å². The number of ether oxygens (including phenoxy) is 2. The molecule has 11 heteroatoms. The number of benzene rings is 1.